The maximum absolute atomic E-state index is 6.42. The molecule has 1 aliphatic rings. The highest BCUT2D eigenvalue weighted by molar-refractivity contribution is 6.33. The summed E-state index contributed by atoms with van der Waals surface area (Å²) in [6, 6.07) is 6.17. The molecule has 0 radical (unpaired) electrons. The molecule has 1 aliphatic carbocycles. The lowest BCUT2D eigenvalue weighted by atomic mass is 9.77. The van der Waals surface area contributed by atoms with E-state index in [9.17, 15) is 0 Å². The fourth-order valence-corrected chi connectivity index (χ4v) is 3.62. The van der Waals surface area contributed by atoms with Crippen molar-refractivity contribution in [1.29, 1.82) is 0 Å². The van der Waals surface area contributed by atoms with Gasteiger partial charge in [0.25, 0.3) is 0 Å². The van der Waals surface area contributed by atoms with Crippen LogP contribution in [0.15, 0.2) is 18.2 Å². The van der Waals surface area contributed by atoms with Crippen LogP contribution in [0.1, 0.15) is 57.6 Å². The molecule has 1 saturated carbocycles. The van der Waals surface area contributed by atoms with Crippen LogP contribution in [0.4, 0.5) is 0 Å². The van der Waals surface area contributed by atoms with Crippen LogP contribution in [0.5, 0.6) is 0 Å². The molecule has 1 aromatic rings. The van der Waals surface area contributed by atoms with Gasteiger partial charge in [-0.25, -0.2) is 0 Å². The van der Waals surface area contributed by atoms with Crippen LogP contribution < -0.4 is 5.32 Å². The zero-order valence-electron chi connectivity index (χ0n) is 12.5. The Labute approximate surface area is 133 Å². The first-order valence-corrected chi connectivity index (χ1v) is 8.55. The molecule has 3 heteroatoms. The molecule has 20 heavy (non-hydrogen) atoms. The maximum atomic E-state index is 6.42. The van der Waals surface area contributed by atoms with Crippen molar-refractivity contribution < 1.29 is 0 Å². The summed E-state index contributed by atoms with van der Waals surface area (Å²) >= 11 is 12.6. The van der Waals surface area contributed by atoms with Crippen LogP contribution >= 0.6 is 23.2 Å². The van der Waals surface area contributed by atoms with E-state index in [4.69, 9.17) is 23.2 Å². The first-order chi connectivity index (χ1) is 9.61. The Morgan fingerprint density at radius 3 is 2.55 bits per heavy atom. The van der Waals surface area contributed by atoms with Gasteiger partial charge in [0.15, 0.2) is 0 Å². The van der Waals surface area contributed by atoms with Crippen molar-refractivity contribution in [3.8, 4) is 0 Å². The van der Waals surface area contributed by atoms with Gasteiger partial charge in [-0.2, -0.15) is 0 Å². The lowest BCUT2D eigenvalue weighted by molar-refractivity contribution is 0.231. The standard InChI is InChI=1S/C17H25Cl2N/c1-3-10-20-17(13-6-4-12(2)5-7-13)15-11-14(18)8-9-16(15)19/h8-9,11-13,17,20H,3-7,10H2,1-2H3. The average molecular weight is 314 g/mol. The molecule has 1 unspecified atom stereocenters. The summed E-state index contributed by atoms with van der Waals surface area (Å²) in [6.07, 6.45) is 6.36. The van der Waals surface area contributed by atoms with Gasteiger partial charge >= 0.3 is 0 Å². The lowest BCUT2D eigenvalue weighted by Crippen LogP contribution is -2.31. The number of nitrogens with one attached hydrogen (secondary N) is 1. The van der Waals surface area contributed by atoms with Gasteiger partial charge in [0.1, 0.15) is 0 Å². The van der Waals surface area contributed by atoms with Crippen molar-refractivity contribution in [3.05, 3.63) is 33.8 Å². The molecule has 1 nitrogen and oxygen atoms in total. The molecule has 2 rings (SSSR count). The number of halogens is 2. The Morgan fingerprint density at radius 2 is 1.90 bits per heavy atom. The molecule has 0 heterocycles. The van der Waals surface area contributed by atoms with E-state index in [1.807, 2.05) is 18.2 Å². The third-order valence-electron chi connectivity index (χ3n) is 4.44. The highest BCUT2D eigenvalue weighted by Gasteiger charge is 2.28. The van der Waals surface area contributed by atoms with Gasteiger partial charge in [-0.3, -0.25) is 0 Å². The molecule has 0 bridgehead atoms. The van der Waals surface area contributed by atoms with Gasteiger partial charge in [-0.05, 0) is 61.4 Å². The normalized spacial score (nSPS) is 24.6. The summed E-state index contributed by atoms with van der Waals surface area (Å²) < 4.78 is 0. The van der Waals surface area contributed by atoms with Crippen LogP contribution in [-0.2, 0) is 0 Å². The van der Waals surface area contributed by atoms with Crippen molar-refractivity contribution in [3.63, 3.8) is 0 Å². The smallest absolute Gasteiger partial charge is 0.0454 e. The van der Waals surface area contributed by atoms with Crippen LogP contribution in [0.25, 0.3) is 0 Å². The quantitative estimate of drug-likeness (QED) is 0.717. The predicted octanol–water partition coefficient (Wildman–Crippen LogP) is 5.86. The average Bonchev–Trinajstić information content (AvgIpc) is 2.44. The third kappa shape index (κ3) is 4.13. The Hall–Kier alpha value is -0.240. The monoisotopic (exact) mass is 313 g/mol. The summed E-state index contributed by atoms with van der Waals surface area (Å²) in [5.41, 5.74) is 1.17. The largest absolute Gasteiger partial charge is 0.310 e. The van der Waals surface area contributed by atoms with Gasteiger partial charge in [0, 0.05) is 16.1 Å². The van der Waals surface area contributed by atoms with Gasteiger partial charge in [-0.1, -0.05) is 49.9 Å². The topological polar surface area (TPSA) is 12.0 Å². The second-order valence-electron chi connectivity index (χ2n) is 6.12. The molecule has 0 spiro atoms. The second kappa shape index (κ2) is 7.68. The molecule has 0 amide bonds. The van der Waals surface area contributed by atoms with E-state index in [2.05, 4.69) is 19.2 Å². The third-order valence-corrected chi connectivity index (χ3v) is 5.02. The molecule has 0 aliphatic heterocycles. The van der Waals surface area contributed by atoms with Gasteiger partial charge in [0.2, 0.25) is 0 Å². The minimum absolute atomic E-state index is 0.341. The fourth-order valence-electron chi connectivity index (χ4n) is 3.20. The molecule has 0 saturated heterocycles. The second-order valence-corrected chi connectivity index (χ2v) is 6.96. The number of benzene rings is 1. The van der Waals surface area contributed by atoms with E-state index in [1.54, 1.807) is 0 Å². The SMILES string of the molecule is CCCNC(c1cc(Cl)ccc1Cl)C1CCC(C)CC1. The van der Waals surface area contributed by atoms with Crippen molar-refractivity contribution in [2.24, 2.45) is 11.8 Å². The highest BCUT2D eigenvalue weighted by Crippen LogP contribution is 2.39. The van der Waals surface area contributed by atoms with E-state index in [1.165, 1.54) is 31.2 Å². The predicted molar refractivity (Wildman–Crippen MR) is 88.6 cm³/mol. The summed E-state index contributed by atoms with van der Waals surface area (Å²) in [5.74, 6) is 1.54. The van der Waals surface area contributed by atoms with Crippen molar-refractivity contribution >= 4 is 23.2 Å². The van der Waals surface area contributed by atoms with Crippen molar-refractivity contribution in [2.45, 2.75) is 52.0 Å². The van der Waals surface area contributed by atoms with Gasteiger partial charge in [-0.15, -0.1) is 0 Å². The van der Waals surface area contributed by atoms with E-state index >= 15 is 0 Å². The molecule has 0 aromatic heterocycles. The number of rotatable bonds is 5. The molecular weight excluding hydrogens is 289 g/mol. The summed E-state index contributed by atoms with van der Waals surface area (Å²) in [4.78, 5) is 0. The van der Waals surface area contributed by atoms with Crippen LogP contribution in [0.2, 0.25) is 10.0 Å². The van der Waals surface area contributed by atoms with Gasteiger partial charge < -0.3 is 5.32 Å². The fraction of sp³-hybridized carbons (Fsp3) is 0.647. The van der Waals surface area contributed by atoms with Crippen LogP contribution in [0.3, 0.4) is 0 Å². The van der Waals surface area contributed by atoms with Crippen LogP contribution in [-0.4, -0.2) is 6.54 Å². The molecule has 112 valence electrons. The van der Waals surface area contributed by atoms with Crippen molar-refractivity contribution in [1.82, 2.24) is 5.32 Å². The Morgan fingerprint density at radius 1 is 1.20 bits per heavy atom. The molecule has 1 atom stereocenters. The summed E-state index contributed by atoms with van der Waals surface area (Å²) in [5, 5.41) is 5.30. The zero-order chi connectivity index (χ0) is 14.5. The molecular formula is C17H25Cl2N. The minimum atomic E-state index is 0.341. The molecule has 1 fully saturated rings. The van der Waals surface area contributed by atoms with E-state index < -0.39 is 0 Å². The lowest BCUT2D eigenvalue weighted by Gasteiger charge is -2.34. The Balaban J connectivity index is 2.20. The summed E-state index contributed by atoms with van der Waals surface area (Å²) in [6.45, 7) is 5.59. The van der Waals surface area contributed by atoms with Crippen molar-refractivity contribution in [2.75, 3.05) is 6.54 Å². The van der Waals surface area contributed by atoms with E-state index in [0.29, 0.717) is 12.0 Å². The highest BCUT2D eigenvalue weighted by atomic mass is 35.5. The van der Waals surface area contributed by atoms with E-state index in [0.717, 1.165) is 28.9 Å². The van der Waals surface area contributed by atoms with E-state index in [-0.39, 0.29) is 0 Å². The number of hydrogen-bond acceptors (Lipinski definition) is 1. The maximum Gasteiger partial charge on any atom is 0.0454 e. The summed E-state index contributed by atoms with van der Waals surface area (Å²) in [7, 11) is 0. The molecule has 1 aromatic carbocycles. The Bertz CT molecular complexity index is 425. The first kappa shape index (κ1) is 16.1. The first-order valence-electron chi connectivity index (χ1n) is 7.80. The molecule has 1 N–H and O–H groups in total. The van der Waals surface area contributed by atoms with Crippen LogP contribution in [0, 0.1) is 11.8 Å². The van der Waals surface area contributed by atoms with Gasteiger partial charge in [0.05, 0.1) is 0 Å². The zero-order valence-corrected chi connectivity index (χ0v) is 14.0. The Kier molecular flexibility index (Phi) is 6.20. The minimum Gasteiger partial charge on any atom is -0.310 e. The number of hydrogen-bond donors (Lipinski definition) is 1.